The third kappa shape index (κ3) is 6.49. The zero-order valence-electron chi connectivity index (χ0n) is 20.6. The van der Waals surface area contributed by atoms with Crippen LogP contribution >= 0.6 is 11.3 Å². The number of anilines is 1. The minimum absolute atomic E-state index is 0.0246. The number of carboxylic acid groups (broad SMARTS) is 1. The van der Waals surface area contributed by atoms with Crippen molar-refractivity contribution in [3.8, 4) is 11.8 Å². The van der Waals surface area contributed by atoms with Crippen LogP contribution in [0.25, 0.3) is 0 Å². The summed E-state index contributed by atoms with van der Waals surface area (Å²) < 4.78 is 5.34. The second-order valence-corrected chi connectivity index (χ2v) is 11.2. The van der Waals surface area contributed by atoms with Crippen LogP contribution in [0.1, 0.15) is 62.0 Å². The Labute approximate surface area is 205 Å². The van der Waals surface area contributed by atoms with Crippen LogP contribution in [0.4, 0.5) is 5.69 Å². The molecule has 184 valence electrons. The van der Waals surface area contributed by atoms with Crippen LogP contribution in [-0.2, 0) is 14.3 Å². The first-order chi connectivity index (χ1) is 16.0. The largest absolute Gasteiger partial charge is 0.477 e. The summed E-state index contributed by atoms with van der Waals surface area (Å²) in [7, 11) is 0. The second kappa shape index (κ2) is 10.7. The molecule has 2 atom stereocenters. The monoisotopic (exact) mass is 486 g/mol. The van der Waals surface area contributed by atoms with Gasteiger partial charge >= 0.3 is 5.97 Å². The molecule has 0 spiro atoms. The van der Waals surface area contributed by atoms with E-state index in [1.165, 1.54) is 10.5 Å². The number of thiophene rings is 1. The molecule has 1 saturated heterocycles. The van der Waals surface area contributed by atoms with Gasteiger partial charge in [-0.05, 0) is 52.5 Å². The fraction of sp³-hybridized carbons (Fsp3) is 0.577. The van der Waals surface area contributed by atoms with Gasteiger partial charge in [0, 0.05) is 24.4 Å². The van der Waals surface area contributed by atoms with Gasteiger partial charge in [0.25, 0.3) is 0 Å². The molecule has 1 aliphatic heterocycles. The van der Waals surface area contributed by atoms with Crippen LogP contribution in [0.2, 0.25) is 0 Å². The molecule has 2 aliphatic rings. The molecular weight excluding hydrogens is 452 g/mol. The van der Waals surface area contributed by atoms with E-state index >= 15 is 0 Å². The number of nitrogens with zero attached hydrogens (tertiary/aromatic N) is 2. The van der Waals surface area contributed by atoms with Crippen molar-refractivity contribution < 1.29 is 24.2 Å². The molecule has 1 unspecified atom stereocenters. The van der Waals surface area contributed by atoms with Crippen LogP contribution in [0, 0.1) is 29.1 Å². The predicted octanol–water partition coefficient (Wildman–Crippen LogP) is 4.03. The lowest BCUT2D eigenvalue weighted by Crippen LogP contribution is -2.49. The number of amides is 2. The highest BCUT2D eigenvalue weighted by Crippen LogP contribution is 2.36. The maximum Gasteiger partial charge on any atom is 0.348 e. The van der Waals surface area contributed by atoms with E-state index in [9.17, 15) is 19.5 Å². The molecular formula is C26H34N2O5S. The van der Waals surface area contributed by atoms with Crippen molar-refractivity contribution in [3.05, 3.63) is 27.5 Å². The van der Waals surface area contributed by atoms with Gasteiger partial charge in [-0.3, -0.25) is 9.59 Å². The molecule has 8 heteroatoms. The zero-order valence-corrected chi connectivity index (χ0v) is 21.5. The smallest absolute Gasteiger partial charge is 0.348 e. The SMILES string of the molecule is CC1=CCC(C(=O)N(CC(=O)N2CCOCC2)c2cc(C#CC(C)(C)C)sc2C(=O)O)[C@@H](C)C1. The summed E-state index contributed by atoms with van der Waals surface area (Å²) in [6.45, 7) is 11.6. The van der Waals surface area contributed by atoms with Gasteiger partial charge in [-0.25, -0.2) is 4.79 Å². The van der Waals surface area contributed by atoms with E-state index in [4.69, 9.17) is 4.74 Å². The van der Waals surface area contributed by atoms with Crippen molar-refractivity contribution in [2.45, 2.75) is 47.5 Å². The Bertz CT molecular complexity index is 1030. The molecule has 0 bridgehead atoms. The van der Waals surface area contributed by atoms with E-state index in [0.29, 0.717) is 37.6 Å². The van der Waals surface area contributed by atoms with Gasteiger partial charge in [-0.1, -0.05) is 30.4 Å². The van der Waals surface area contributed by atoms with Gasteiger partial charge in [0.1, 0.15) is 11.4 Å². The Balaban J connectivity index is 2.00. The number of carbonyl (C=O) groups is 3. The summed E-state index contributed by atoms with van der Waals surface area (Å²) in [5, 5.41) is 9.92. The molecule has 0 saturated carbocycles. The second-order valence-electron chi connectivity index (χ2n) is 10.1. The molecule has 0 aromatic carbocycles. The Kier molecular flexibility index (Phi) is 8.21. The average Bonchev–Trinajstić information content (AvgIpc) is 3.20. The third-order valence-electron chi connectivity index (χ3n) is 6.05. The first-order valence-corrected chi connectivity index (χ1v) is 12.5. The van der Waals surface area contributed by atoms with E-state index in [2.05, 4.69) is 24.8 Å². The molecule has 7 nitrogen and oxygen atoms in total. The topological polar surface area (TPSA) is 87.2 Å². The lowest BCUT2D eigenvalue weighted by atomic mass is 9.80. The van der Waals surface area contributed by atoms with Gasteiger partial charge in [-0.2, -0.15) is 0 Å². The normalized spacial score (nSPS) is 20.7. The van der Waals surface area contributed by atoms with Crippen molar-refractivity contribution in [1.29, 1.82) is 0 Å². The minimum Gasteiger partial charge on any atom is -0.477 e. The van der Waals surface area contributed by atoms with Crippen molar-refractivity contribution in [2.75, 3.05) is 37.7 Å². The number of morpholine rings is 1. The molecule has 1 fully saturated rings. The molecule has 2 amide bonds. The van der Waals surface area contributed by atoms with Gasteiger partial charge in [0.05, 0.1) is 23.8 Å². The number of hydrogen-bond acceptors (Lipinski definition) is 5. The molecule has 0 radical (unpaired) electrons. The Hall–Kier alpha value is -2.63. The third-order valence-corrected chi connectivity index (χ3v) is 7.08. The zero-order chi connectivity index (χ0) is 25.0. The van der Waals surface area contributed by atoms with Crippen LogP contribution in [0.5, 0.6) is 0 Å². The number of carbonyl (C=O) groups excluding carboxylic acids is 2. The van der Waals surface area contributed by atoms with Crippen LogP contribution < -0.4 is 4.90 Å². The van der Waals surface area contributed by atoms with E-state index < -0.39 is 5.97 Å². The lowest BCUT2D eigenvalue weighted by molar-refractivity contribution is -0.135. The molecule has 3 rings (SSSR count). The van der Waals surface area contributed by atoms with Crippen LogP contribution in [0.15, 0.2) is 17.7 Å². The number of allylic oxidation sites excluding steroid dienone is 2. The first kappa shape index (κ1) is 26.0. The highest BCUT2D eigenvalue weighted by atomic mass is 32.1. The summed E-state index contributed by atoms with van der Waals surface area (Å²) >= 11 is 1.04. The number of aromatic carboxylic acids is 1. The first-order valence-electron chi connectivity index (χ1n) is 11.7. The molecule has 1 aromatic heterocycles. The fourth-order valence-electron chi connectivity index (χ4n) is 4.21. The average molecular weight is 487 g/mol. The van der Waals surface area contributed by atoms with Crippen LogP contribution in [0.3, 0.4) is 0 Å². The van der Waals surface area contributed by atoms with Crippen molar-refractivity contribution in [3.63, 3.8) is 0 Å². The highest BCUT2D eigenvalue weighted by molar-refractivity contribution is 7.15. The molecule has 34 heavy (non-hydrogen) atoms. The van der Waals surface area contributed by atoms with Crippen LogP contribution in [-0.4, -0.2) is 60.6 Å². The summed E-state index contributed by atoms with van der Waals surface area (Å²) in [6.07, 6.45) is 3.45. The number of ether oxygens (including phenoxy) is 1. The predicted molar refractivity (Wildman–Crippen MR) is 133 cm³/mol. The summed E-state index contributed by atoms with van der Waals surface area (Å²) in [5.74, 6) is 4.40. The van der Waals surface area contributed by atoms with E-state index in [-0.39, 0.29) is 46.2 Å². The standard InChI is InChI=1S/C26H34N2O5S/c1-17-6-7-20(18(2)14-17)24(30)28(16-22(29)27-10-12-33-13-11-27)21-15-19(8-9-26(3,4)5)34-23(21)25(31)32/h6,15,18,20H,7,10-14,16H2,1-5H3,(H,31,32)/t18-,20?/m0/s1. The molecule has 1 aliphatic carbocycles. The van der Waals surface area contributed by atoms with E-state index in [0.717, 1.165) is 17.8 Å². The van der Waals surface area contributed by atoms with Crippen molar-refractivity contribution in [1.82, 2.24) is 4.90 Å². The lowest BCUT2D eigenvalue weighted by Gasteiger charge is -2.34. The number of hydrogen-bond donors (Lipinski definition) is 1. The fourth-order valence-corrected chi connectivity index (χ4v) is 5.07. The van der Waals surface area contributed by atoms with E-state index in [1.54, 1.807) is 11.0 Å². The number of rotatable bonds is 5. The Morgan fingerprint density at radius 2 is 1.94 bits per heavy atom. The van der Waals surface area contributed by atoms with Gasteiger partial charge < -0.3 is 19.6 Å². The minimum atomic E-state index is -1.13. The van der Waals surface area contributed by atoms with Crippen molar-refractivity contribution in [2.24, 2.45) is 17.3 Å². The summed E-state index contributed by atoms with van der Waals surface area (Å²) in [5.41, 5.74) is 1.24. The number of carboxylic acids is 1. The van der Waals surface area contributed by atoms with Gasteiger partial charge in [-0.15, -0.1) is 11.3 Å². The summed E-state index contributed by atoms with van der Waals surface area (Å²) in [6, 6.07) is 1.64. The molecule has 2 heterocycles. The van der Waals surface area contributed by atoms with E-state index in [1.807, 2.05) is 27.7 Å². The Morgan fingerprint density at radius 3 is 2.53 bits per heavy atom. The molecule has 1 N–H and O–H groups in total. The van der Waals surface area contributed by atoms with Gasteiger partial charge in [0.2, 0.25) is 11.8 Å². The maximum absolute atomic E-state index is 13.8. The summed E-state index contributed by atoms with van der Waals surface area (Å²) in [4.78, 5) is 42.7. The van der Waals surface area contributed by atoms with Crippen molar-refractivity contribution >= 4 is 34.8 Å². The maximum atomic E-state index is 13.8. The quantitative estimate of drug-likeness (QED) is 0.502. The highest BCUT2D eigenvalue weighted by Gasteiger charge is 2.35. The van der Waals surface area contributed by atoms with Gasteiger partial charge in [0.15, 0.2) is 0 Å². The molecule has 1 aromatic rings. The Morgan fingerprint density at radius 1 is 1.26 bits per heavy atom.